The summed E-state index contributed by atoms with van der Waals surface area (Å²) in [4.78, 5) is 22.5. The number of rotatable bonds is 17. The molecule has 0 aromatic rings. The summed E-state index contributed by atoms with van der Waals surface area (Å²) >= 11 is 0. The molecular formula is C16H30O8. The molecule has 0 atom stereocenters. The summed E-state index contributed by atoms with van der Waals surface area (Å²) in [6.07, 6.45) is 1.14. The maximum Gasteiger partial charge on any atom is 0.309 e. The van der Waals surface area contributed by atoms with Crippen molar-refractivity contribution >= 4 is 11.9 Å². The number of hydrogen-bond donors (Lipinski definition) is 2. The summed E-state index contributed by atoms with van der Waals surface area (Å²) in [5.74, 6) is -1.87. The standard InChI is InChI=1S/C16H30O8/c1-21-10-12-23-8-6-16(15(19)20,5-3-4-14(17)18)7-9-24-13-11-22-2/h3-13H2,1-2H3,(H,17,18)(H,19,20). The fourth-order valence-electron chi connectivity index (χ4n) is 2.30. The van der Waals surface area contributed by atoms with E-state index in [0.717, 1.165) is 0 Å². The lowest BCUT2D eigenvalue weighted by Crippen LogP contribution is -2.34. The number of ether oxygens (including phenoxy) is 4. The van der Waals surface area contributed by atoms with Crippen molar-refractivity contribution in [2.45, 2.75) is 32.1 Å². The first-order valence-electron chi connectivity index (χ1n) is 8.07. The highest BCUT2D eigenvalue weighted by atomic mass is 16.5. The van der Waals surface area contributed by atoms with Crippen molar-refractivity contribution in [3.8, 4) is 0 Å². The quantitative estimate of drug-likeness (QED) is 0.379. The third kappa shape index (κ3) is 10.5. The van der Waals surface area contributed by atoms with Gasteiger partial charge >= 0.3 is 11.9 Å². The van der Waals surface area contributed by atoms with E-state index in [4.69, 9.17) is 24.1 Å². The molecule has 0 saturated heterocycles. The van der Waals surface area contributed by atoms with Gasteiger partial charge in [-0.2, -0.15) is 0 Å². The fourth-order valence-corrected chi connectivity index (χ4v) is 2.30. The Morgan fingerprint density at radius 1 is 0.792 bits per heavy atom. The molecule has 8 nitrogen and oxygen atoms in total. The van der Waals surface area contributed by atoms with Crippen molar-refractivity contribution in [2.75, 3.05) is 53.9 Å². The van der Waals surface area contributed by atoms with Crippen LogP contribution in [-0.4, -0.2) is 76.0 Å². The van der Waals surface area contributed by atoms with Gasteiger partial charge in [0.05, 0.1) is 31.8 Å². The van der Waals surface area contributed by atoms with Crippen molar-refractivity contribution in [2.24, 2.45) is 5.41 Å². The van der Waals surface area contributed by atoms with Crippen molar-refractivity contribution in [3.63, 3.8) is 0 Å². The Kier molecular flexibility index (Phi) is 13.4. The Morgan fingerprint density at radius 3 is 1.67 bits per heavy atom. The van der Waals surface area contributed by atoms with Crippen LogP contribution in [0.25, 0.3) is 0 Å². The Labute approximate surface area is 143 Å². The van der Waals surface area contributed by atoms with Gasteiger partial charge in [0.15, 0.2) is 0 Å². The molecule has 0 saturated carbocycles. The van der Waals surface area contributed by atoms with E-state index in [1.807, 2.05) is 0 Å². The maximum atomic E-state index is 11.8. The van der Waals surface area contributed by atoms with Crippen LogP contribution in [0.15, 0.2) is 0 Å². The normalized spacial score (nSPS) is 11.6. The molecule has 0 bridgehead atoms. The van der Waals surface area contributed by atoms with Gasteiger partial charge in [0.25, 0.3) is 0 Å². The molecule has 0 spiro atoms. The first-order chi connectivity index (χ1) is 11.5. The lowest BCUT2D eigenvalue weighted by Gasteiger charge is -2.29. The van der Waals surface area contributed by atoms with Crippen LogP contribution >= 0.6 is 0 Å². The van der Waals surface area contributed by atoms with Gasteiger partial charge in [0.1, 0.15) is 0 Å². The molecular weight excluding hydrogens is 320 g/mol. The minimum atomic E-state index is -1.05. The van der Waals surface area contributed by atoms with E-state index >= 15 is 0 Å². The molecule has 8 heteroatoms. The van der Waals surface area contributed by atoms with Crippen LogP contribution in [0, 0.1) is 5.41 Å². The maximum absolute atomic E-state index is 11.8. The highest BCUT2D eigenvalue weighted by molar-refractivity contribution is 5.74. The smallest absolute Gasteiger partial charge is 0.309 e. The van der Waals surface area contributed by atoms with Crippen LogP contribution in [0.2, 0.25) is 0 Å². The molecule has 0 fully saturated rings. The molecule has 142 valence electrons. The third-order valence-electron chi connectivity index (χ3n) is 3.81. The first kappa shape index (κ1) is 22.8. The van der Waals surface area contributed by atoms with Gasteiger partial charge in [-0.05, 0) is 25.7 Å². The molecule has 0 aliphatic rings. The van der Waals surface area contributed by atoms with Crippen LogP contribution in [0.5, 0.6) is 0 Å². The zero-order chi connectivity index (χ0) is 18.3. The molecule has 24 heavy (non-hydrogen) atoms. The largest absolute Gasteiger partial charge is 0.481 e. The average molecular weight is 350 g/mol. The topological polar surface area (TPSA) is 112 Å². The second-order valence-electron chi connectivity index (χ2n) is 5.54. The number of aliphatic carboxylic acids is 2. The number of hydrogen-bond acceptors (Lipinski definition) is 6. The summed E-state index contributed by atoms with van der Waals surface area (Å²) in [6.45, 7) is 2.23. The summed E-state index contributed by atoms with van der Waals surface area (Å²) in [5, 5.41) is 18.5. The number of carbonyl (C=O) groups is 2. The molecule has 0 aromatic carbocycles. The van der Waals surface area contributed by atoms with E-state index in [1.54, 1.807) is 14.2 Å². The molecule has 0 unspecified atom stereocenters. The van der Waals surface area contributed by atoms with Crippen molar-refractivity contribution in [1.82, 2.24) is 0 Å². The van der Waals surface area contributed by atoms with Crippen LogP contribution < -0.4 is 0 Å². The van der Waals surface area contributed by atoms with E-state index in [1.165, 1.54) is 0 Å². The summed E-state index contributed by atoms with van der Waals surface area (Å²) in [5.41, 5.74) is -1.05. The lowest BCUT2D eigenvalue weighted by molar-refractivity contribution is -0.153. The Bertz CT molecular complexity index is 331. The minimum absolute atomic E-state index is 0.0515. The van der Waals surface area contributed by atoms with Gasteiger partial charge in [-0.25, -0.2) is 0 Å². The fraction of sp³-hybridized carbons (Fsp3) is 0.875. The van der Waals surface area contributed by atoms with Crippen molar-refractivity contribution in [1.29, 1.82) is 0 Å². The number of carboxylic acids is 2. The lowest BCUT2D eigenvalue weighted by atomic mass is 9.77. The van der Waals surface area contributed by atoms with E-state index in [-0.39, 0.29) is 26.1 Å². The van der Waals surface area contributed by atoms with Crippen molar-refractivity contribution in [3.05, 3.63) is 0 Å². The van der Waals surface area contributed by atoms with Crippen LogP contribution in [0.4, 0.5) is 0 Å². The van der Waals surface area contributed by atoms with Crippen LogP contribution in [0.3, 0.4) is 0 Å². The summed E-state index contributed by atoms with van der Waals surface area (Å²) in [7, 11) is 3.13. The van der Waals surface area contributed by atoms with E-state index < -0.39 is 17.4 Å². The molecule has 0 aromatic heterocycles. The highest BCUT2D eigenvalue weighted by Crippen LogP contribution is 2.33. The van der Waals surface area contributed by atoms with E-state index in [9.17, 15) is 14.7 Å². The summed E-state index contributed by atoms with van der Waals surface area (Å²) < 4.78 is 20.5. The Balaban J connectivity index is 4.57. The minimum Gasteiger partial charge on any atom is -0.481 e. The van der Waals surface area contributed by atoms with Gasteiger partial charge in [-0.1, -0.05) is 0 Å². The zero-order valence-corrected chi connectivity index (χ0v) is 14.6. The zero-order valence-electron chi connectivity index (χ0n) is 14.6. The first-order valence-corrected chi connectivity index (χ1v) is 8.07. The predicted molar refractivity (Wildman–Crippen MR) is 86.2 cm³/mol. The van der Waals surface area contributed by atoms with Crippen LogP contribution in [-0.2, 0) is 28.5 Å². The molecule has 0 radical (unpaired) electrons. The third-order valence-corrected chi connectivity index (χ3v) is 3.81. The van der Waals surface area contributed by atoms with Gasteiger partial charge in [-0.3, -0.25) is 9.59 Å². The monoisotopic (exact) mass is 350 g/mol. The second-order valence-corrected chi connectivity index (χ2v) is 5.54. The SMILES string of the molecule is COCCOCCC(CCCC(=O)O)(CCOCCOC)C(=O)O. The van der Waals surface area contributed by atoms with Gasteiger partial charge < -0.3 is 29.2 Å². The number of carboxylic acid groups (broad SMARTS) is 2. The highest BCUT2D eigenvalue weighted by Gasteiger charge is 2.37. The van der Waals surface area contributed by atoms with Gasteiger partial charge in [0.2, 0.25) is 0 Å². The molecule has 0 aliphatic carbocycles. The van der Waals surface area contributed by atoms with Crippen molar-refractivity contribution < 1.29 is 38.7 Å². The van der Waals surface area contributed by atoms with Crippen LogP contribution in [0.1, 0.15) is 32.1 Å². The second kappa shape index (κ2) is 14.2. The number of methoxy groups -OCH3 is 2. The molecule has 0 rings (SSSR count). The average Bonchev–Trinajstić information content (AvgIpc) is 2.53. The Morgan fingerprint density at radius 2 is 1.29 bits per heavy atom. The van der Waals surface area contributed by atoms with Gasteiger partial charge in [-0.15, -0.1) is 0 Å². The van der Waals surface area contributed by atoms with E-state index in [0.29, 0.717) is 45.7 Å². The molecule has 0 heterocycles. The summed E-state index contributed by atoms with van der Waals surface area (Å²) in [6, 6.07) is 0. The Hall–Kier alpha value is -1.22. The molecule has 2 N–H and O–H groups in total. The molecule has 0 aliphatic heterocycles. The van der Waals surface area contributed by atoms with E-state index in [2.05, 4.69) is 0 Å². The van der Waals surface area contributed by atoms with Gasteiger partial charge in [0, 0.05) is 33.9 Å². The molecule has 0 amide bonds. The predicted octanol–water partition coefficient (Wildman–Crippen LogP) is 1.42.